The third-order valence-electron chi connectivity index (χ3n) is 7.64. The van der Waals surface area contributed by atoms with Crippen LogP contribution in [0.1, 0.15) is 44.4 Å². The van der Waals surface area contributed by atoms with Gasteiger partial charge in [-0.05, 0) is 66.9 Å². The van der Waals surface area contributed by atoms with E-state index in [-0.39, 0.29) is 34.0 Å². The highest BCUT2D eigenvalue weighted by Crippen LogP contribution is 2.39. The van der Waals surface area contributed by atoms with E-state index in [0.717, 1.165) is 22.2 Å². The first-order valence-corrected chi connectivity index (χ1v) is 13.7. The molecular weight excluding hydrogens is 570 g/mol. The van der Waals surface area contributed by atoms with Crippen LogP contribution in [0.25, 0.3) is 0 Å². The van der Waals surface area contributed by atoms with Crippen LogP contribution in [0.2, 0.25) is 0 Å². The van der Waals surface area contributed by atoms with Gasteiger partial charge in [0.25, 0.3) is 23.4 Å². The molecule has 5 rings (SSSR count). The number of carbonyl (C=O) groups excluding carboxylic acids is 5. The number of nitrogens with zero attached hydrogens (tertiary/aromatic N) is 3. The minimum Gasteiger partial charge on any atom is -0.497 e. The second-order valence-electron chi connectivity index (χ2n) is 10.4. The van der Waals surface area contributed by atoms with Crippen molar-refractivity contribution in [3.8, 4) is 11.5 Å². The quantitative estimate of drug-likeness (QED) is 0.0670. The Bertz CT molecular complexity index is 1680. The molecule has 0 saturated carbocycles. The molecule has 3 aromatic carbocycles. The number of allylic oxidation sites excluding steroid dienone is 2. The number of esters is 1. The molecule has 2 aliphatic rings. The monoisotopic (exact) mass is 597 g/mol. The van der Waals surface area contributed by atoms with Crippen LogP contribution in [0.4, 0.5) is 5.69 Å². The molecule has 0 unspecified atom stereocenters. The number of benzene rings is 3. The summed E-state index contributed by atoms with van der Waals surface area (Å²) in [4.78, 5) is 77.1. The number of hydrogen-bond donors (Lipinski definition) is 0. The van der Waals surface area contributed by atoms with Crippen molar-refractivity contribution in [1.82, 2.24) is 10.0 Å². The second-order valence-corrected chi connectivity index (χ2v) is 10.4. The van der Waals surface area contributed by atoms with Crippen LogP contribution in [0, 0.1) is 27.9 Å². The number of methoxy groups -OCH3 is 1. The van der Waals surface area contributed by atoms with Gasteiger partial charge in [-0.2, -0.15) is 5.01 Å². The summed E-state index contributed by atoms with van der Waals surface area (Å²) in [5, 5.41) is 12.6. The van der Waals surface area contributed by atoms with Crippen LogP contribution in [0.3, 0.4) is 0 Å². The molecule has 3 aromatic rings. The maximum absolute atomic E-state index is 13.7. The molecule has 3 amide bonds. The number of carbonyl (C=O) groups is 5. The summed E-state index contributed by atoms with van der Waals surface area (Å²) < 4.78 is 10.5. The predicted octanol–water partition coefficient (Wildman–Crippen LogP) is 4.26. The van der Waals surface area contributed by atoms with E-state index in [4.69, 9.17) is 9.47 Å². The fourth-order valence-corrected chi connectivity index (χ4v) is 5.33. The molecule has 1 fully saturated rings. The van der Waals surface area contributed by atoms with Crippen molar-refractivity contribution in [2.75, 3.05) is 13.7 Å². The van der Waals surface area contributed by atoms with Crippen LogP contribution in [0.15, 0.2) is 84.9 Å². The lowest BCUT2D eigenvalue weighted by Crippen LogP contribution is -2.52. The minimum absolute atomic E-state index is 0.0511. The van der Waals surface area contributed by atoms with Gasteiger partial charge in [-0.25, -0.2) is 9.80 Å². The Kier molecular flexibility index (Phi) is 8.34. The number of rotatable bonds is 9. The summed E-state index contributed by atoms with van der Waals surface area (Å²) in [6.07, 6.45) is 3.97. The average Bonchev–Trinajstić information content (AvgIpc) is 3.29. The Labute approximate surface area is 251 Å². The highest BCUT2D eigenvalue weighted by molar-refractivity contribution is 6.10. The Hall–Kier alpha value is -5.65. The molecule has 224 valence electrons. The number of nitro groups is 1. The van der Waals surface area contributed by atoms with Gasteiger partial charge in [0.05, 0.1) is 29.4 Å². The number of fused-ring (bicyclic) bond motifs is 1. The highest BCUT2D eigenvalue weighted by atomic mass is 16.6. The molecule has 0 N–H and O–H groups in total. The smallest absolute Gasteiger partial charge is 0.343 e. The lowest BCUT2D eigenvalue weighted by Gasteiger charge is -2.30. The van der Waals surface area contributed by atoms with E-state index in [1.165, 1.54) is 49.6 Å². The molecule has 0 radical (unpaired) electrons. The molecule has 44 heavy (non-hydrogen) atoms. The number of imide groups is 1. The summed E-state index contributed by atoms with van der Waals surface area (Å²) >= 11 is 0. The Balaban J connectivity index is 1.38. The number of ketones is 1. The lowest BCUT2D eigenvalue weighted by atomic mass is 9.78. The van der Waals surface area contributed by atoms with Crippen molar-refractivity contribution in [1.29, 1.82) is 0 Å². The van der Waals surface area contributed by atoms with Gasteiger partial charge in [0.15, 0.2) is 5.78 Å². The van der Waals surface area contributed by atoms with E-state index < -0.39 is 52.8 Å². The van der Waals surface area contributed by atoms with E-state index in [1.807, 2.05) is 12.2 Å². The van der Waals surface area contributed by atoms with Gasteiger partial charge in [0, 0.05) is 23.3 Å². The third kappa shape index (κ3) is 5.82. The summed E-state index contributed by atoms with van der Waals surface area (Å²) in [5.74, 6) is -4.27. The van der Waals surface area contributed by atoms with Crippen molar-refractivity contribution in [2.45, 2.75) is 13.3 Å². The third-order valence-corrected chi connectivity index (χ3v) is 7.64. The van der Waals surface area contributed by atoms with E-state index >= 15 is 0 Å². The normalized spacial score (nSPS) is 18.9. The fraction of sp³-hybridized carbons (Fsp3) is 0.219. The first kappa shape index (κ1) is 29.8. The van der Waals surface area contributed by atoms with Crippen LogP contribution in [0.5, 0.6) is 11.5 Å². The fourth-order valence-electron chi connectivity index (χ4n) is 5.33. The van der Waals surface area contributed by atoms with Crippen molar-refractivity contribution in [3.63, 3.8) is 0 Å². The number of Topliss-reactive ketones (excluding diaryl/α,β-unsaturated/α-hetero) is 1. The molecule has 1 saturated heterocycles. The van der Waals surface area contributed by atoms with Gasteiger partial charge in [0.2, 0.25) is 0 Å². The SMILES string of the molecule is COc1cccc(C(=O)Oc2ccc(C(=O)CN(C(=O)c3ccc([N+](=O)[O-])cc3)N3C(=O)[C@H]4[C@@H](C)C=CC[C@H]4C3=O)cc2)c1. The second kappa shape index (κ2) is 12.3. The Morgan fingerprint density at radius 2 is 1.61 bits per heavy atom. The van der Waals surface area contributed by atoms with Crippen molar-refractivity contribution >= 4 is 35.2 Å². The summed E-state index contributed by atoms with van der Waals surface area (Å²) in [6, 6.07) is 16.6. The van der Waals surface area contributed by atoms with E-state index in [1.54, 1.807) is 25.1 Å². The molecule has 0 bridgehead atoms. The molecule has 12 nitrogen and oxygen atoms in total. The number of hydrazine groups is 1. The number of nitro benzene ring substituents is 1. The topological polar surface area (TPSA) is 153 Å². The number of non-ortho nitro benzene ring substituents is 1. The van der Waals surface area contributed by atoms with E-state index in [9.17, 15) is 34.1 Å². The molecular formula is C32H27N3O9. The molecule has 12 heteroatoms. The first-order valence-electron chi connectivity index (χ1n) is 13.7. The molecule has 1 aliphatic heterocycles. The molecule has 1 aliphatic carbocycles. The minimum atomic E-state index is -0.849. The maximum Gasteiger partial charge on any atom is 0.343 e. The highest BCUT2D eigenvalue weighted by Gasteiger charge is 2.53. The molecule has 1 heterocycles. The predicted molar refractivity (Wildman–Crippen MR) is 155 cm³/mol. The summed E-state index contributed by atoms with van der Waals surface area (Å²) in [6.45, 7) is 1.13. The summed E-state index contributed by atoms with van der Waals surface area (Å²) in [7, 11) is 1.47. The Morgan fingerprint density at radius 3 is 2.25 bits per heavy atom. The van der Waals surface area contributed by atoms with Crippen molar-refractivity contribution in [3.05, 3.63) is 112 Å². The average molecular weight is 598 g/mol. The van der Waals surface area contributed by atoms with Crippen molar-refractivity contribution in [2.24, 2.45) is 17.8 Å². The molecule has 0 spiro atoms. The van der Waals surface area contributed by atoms with Gasteiger partial charge >= 0.3 is 5.97 Å². The molecule has 3 atom stereocenters. The lowest BCUT2D eigenvalue weighted by molar-refractivity contribution is -0.384. The van der Waals surface area contributed by atoms with Crippen LogP contribution >= 0.6 is 0 Å². The molecule has 0 aromatic heterocycles. The van der Waals surface area contributed by atoms with Gasteiger partial charge in [0.1, 0.15) is 18.0 Å². The number of hydrogen-bond acceptors (Lipinski definition) is 9. The van der Waals surface area contributed by atoms with Gasteiger partial charge < -0.3 is 9.47 Å². The Morgan fingerprint density at radius 1 is 0.932 bits per heavy atom. The number of ether oxygens (including phenoxy) is 2. The van der Waals surface area contributed by atoms with Crippen molar-refractivity contribution < 1.29 is 38.4 Å². The zero-order valence-electron chi connectivity index (χ0n) is 23.7. The number of amides is 3. The van der Waals surface area contributed by atoms with Gasteiger partial charge in [-0.1, -0.05) is 25.1 Å². The van der Waals surface area contributed by atoms with E-state index in [0.29, 0.717) is 12.2 Å². The maximum atomic E-state index is 13.7. The zero-order chi connectivity index (χ0) is 31.5. The zero-order valence-corrected chi connectivity index (χ0v) is 23.7. The first-order chi connectivity index (χ1) is 21.1. The van der Waals surface area contributed by atoms with Crippen LogP contribution in [-0.2, 0) is 9.59 Å². The van der Waals surface area contributed by atoms with Gasteiger partial charge in [-0.3, -0.25) is 29.3 Å². The van der Waals surface area contributed by atoms with Crippen LogP contribution < -0.4 is 9.47 Å². The van der Waals surface area contributed by atoms with Crippen LogP contribution in [-0.4, -0.2) is 58.1 Å². The summed E-state index contributed by atoms with van der Waals surface area (Å²) in [5.41, 5.74) is 0.0784. The van der Waals surface area contributed by atoms with E-state index in [2.05, 4.69) is 0 Å². The van der Waals surface area contributed by atoms with Gasteiger partial charge in [-0.15, -0.1) is 0 Å². The largest absolute Gasteiger partial charge is 0.497 e. The standard InChI is InChI=1S/C32H27N3O9/c1-19-5-3-8-26-28(19)31(39)34(30(26)38)33(29(37)21-9-13-23(14-10-21)35(41)42)18-27(36)20-11-15-24(16-12-20)44-32(40)22-6-4-7-25(17-22)43-2/h3-7,9-17,19,26,28H,8,18H2,1-2H3/t19-,26+,28-/m0/s1.